The highest BCUT2D eigenvalue weighted by atomic mass is 19.1. The number of ether oxygens (including phenoxy) is 1. The molecule has 3 aliphatic rings. The fraction of sp³-hybridized carbons (Fsp3) is 0.516. The molecule has 2 aromatic rings. The van der Waals surface area contributed by atoms with Crippen molar-refractivity contribution in [1.82, 2.24) is 14.8 Å². The van der Waals surface area contributed by atoms with E-state index in [1.165, 1.54) is 12.1 Å². The molecule has 2 aliphatic heterocycles. The van der Waals surface area contributed by atoms with Crippen LogP contribution in [0.3, 0.4) is 0 Å². The molecule has 5 rings (SSSR count). The Morgan fingerprint density at radius 3 is 2.55 bits per heavy atom. The number of amides is 1. The zero-order valence-electron chi connectivity index (χ0n) is 22.8. The molecule has 0 radical (unpaired) electrons. The molecule has 202 valence electrons. The highest BCUT2D eigenvalue weighted by molar-refractivity contribution is 6.04. The molecule has 0 bridgehead atoms. The largest absolute Gasteiger partial charge is 0.461 e. The molecule has 0 N–H and O–H groups in total. The molecule has 38 heavy (non-hydrogen) atoms. The first-order chi connectivity index (χ1) is 18.2. The van der Waals surface area contributed by atoms with Crippen LogP contribution in [0.15, 0.2) is 48.7 Å². The van der Waals surface area contributed by atoms with Gasteiger partial charge in [-0.05, 0) is 67.5 Å². The summed E-state index contributed by atoms with van der Waals surface area (Å²) >= 11 is 0. The summed E-state index contributed by atoms with van der Waals surface area (Å²) in [6.45, 7) is 12.4. The van der Waals surface area contributed by atoms with E-state index >= 15 is 0 Å². The SMILES string of the molecule is CCN1CCN(C(=O)[C@@]23CC(C)C(C)C(/C=C/c4ccc(-c5cccc(F)c5)cn4)C2C(C)OC3=O)CC1. The Balaban J connectivity index is 1.41. The summed E-state index contributed by atoms with van der Waals surface area (Å²) in [5.41, 5.74) is 1.27. The van der Waals surface area contributed by atoms with E-state index in [9.17, 15) is 14.0 Å². The predicted molar refractivity (Wildman–Crippen MR) is 145 cm³/mol. The first kappa shape index (κ1) is 26.5. The Labute approximate surface area is 224 Å². The minimum atomic E-state index is -1.14. The van der Waals surface area contributed by atoms with Gasteiger partial charge in [0, 0.05) is 43.9 Å². The van der Waals surface area contributed by atoms with Crippen LogP contribution in [0.4, 0.5) is 4.39 Å². The lowest BCUT2D eigenvalue weighted by atomic mass is 9.54. The van der Waals surface area contributed by atoms with E-state index in [0.29, 0.717) is 19.5 Å². The van der Waals surface area contributed by atoms with Gasteiger partial charge in [0.25, 0.3) is 0 Å². The van der Waals surface area contributed by atoms with Gasteiger partial charge in [0.2, 0.25) is 5.91 Å². The fourth-order valence-electron chi connectivity index (χ4n) is 6.86. The maximum atomic E-state index is 14.1. The molecule has 1 aliphatic carbocycles. The lowest BCUT2D eigenvalue weighted by Gasteiger charge is -2.48. The van der Waals surface area contributed by atoms with Gasteiger partial charge in [-0.1, -0.05) is 45.0 Å². The van der Waals surface area contributed by atoms with Crippen LogP contribution in [0.5, 0.6) is 0 Å². The maximum Gasteiger partial charge on any atom is 0.322 e. The lowest BCUT2D eigenvalue weighted by Crippen LogP contribution is -2.59. The molecular weight excluding hydrogens is 481 g/mol. The van der Waals surface area contributed by atoms with Gasteiger partial charge in [-0.3, -0.25) is 14.6 Å². The smallest absolute Gasteiger partial charge is 0.322 e. The Morgan fingerprint density at radius 2 is 1.89 bits per heavy atom. The standard InChI is InChI=1S/C31H38FN3O3/c1-5-34-13-15-35(16-14-34)29(36)31-18-20(2)21(3)27(28(31)22(4)38-30(31)37)12-11-26-10-9-24(19-33-26)23-7-6-8-25(32)17-23/h6-12,17,19-22,27-28H,5,13-16,18H2,1-4H3/b12-11+/t20?,21?,22?,27?,28?,31-/m1/s1. The molecule has 1 aromatic carbocycles. The van der Waals surface area contributed by atoms with Crippen LogP contribution in [0, 0.1) is 34.9 Å². The van der Waals surface area contributed by atoms with E-state index < -0.39 is 5.41 Å². The van der Waals surface area contributed by atoms with Crippen molar-refractivity contribution in [1.29, 1.82) is 0 Å². The third-order valence-electron chi connectivity index (χ3n) is 9.22. The van der Waals surface area contributed by atoms with E-state index in [1.54, 1.807) is 12.3 Å². The molecular formula is C31H38FN3O3. The minimum absolute atomic E-state index is 0.00854. The van der Waals surface area contributed by atoms with Crippen LogP contribution in [0.1, 0.15) is 39.8 Å². The normalized spacial score (nSPS) is 31.9. The van der Waals surface area contributed by atoms with Gasteiger partial charge in [-0.2, -0.15) is 0 Å². The first-order valence-electron chi connectivity index (χ1n) is 13.9. The maximum absolute atomic E-state index is 14.1. The number of cyclic esters (lactones) is 1. The van der Waals surface area contributed by atoms with E-state index in [0.717, 1.165) is 36.5 Å². The van der Waals surface area contributed by atoms with Crippen LogP contribution in [0.2, 0.25) is 0 Å². The Kier molecular flexibility index (Phi) is 7.40. The number of carbonyl (C=O) groups is 2. The molecule has 6 atom stereocenters. The average molecular weight is 520 g/mol. The van der Waals surface area contributed by atoms with E-state index in [2.05, 4.69) is 36.7 Å². The number of nitrogens with zero attached hydrogens (tertiary/aromatic N) is 3. The van der Waals surface area contributed by atoms with Crippen molar-refractivity contribution in [3.05, 3.63) is 60.2 Å². The van der Waals surface area contributed by atoms with Crippen LogP contribution >= 0.6 is 0 Å². The summed E-state index contributed by atoms with van der Waals surface area (Å²) in [6, 6.07) is 10.3. The Morgan fingerprint density at radius 1 is 1.13 bits per heavy atom. The number of hydrogen-bond donors (Lipinski definition) is 0. The Hall–Kier alpha value is -3.06. The van der Waals surface area contributed by atoms with Crippen molar-refractivity contribution in [2.75, 3.05) is 32.7 Å². The molecule has 1 amide bonds. The third kappa shape index (κ3) is 4.66. The van der Waals surface area contributed by atoms with Gasteiger partial charge in [-0.25, -0.2) is 4.39 Å². The number of halogens is 1. The van der Waals surface area contributed by atoms with Gasteiger partial charge in [-0.15, -0.1) is 0 Å². The number of fused-ring (bicyclic) bond motifs is 1. The van der Waals surface area contributed by atoms with Crippen molar-refractivity contribution in [3.8, 4) is 11.1 Å². The first-order valence-corrected chi connectivity index (χ1v) is 13.9. The minimum Gasteiger partial charge on any atom is -0.461 e. The van der Waals surface area contributed by atoms with Gasteiger partial charge in [0.15, 0.2) is 5.41 Å². The summed E-state index contributed by atoms with van der Waals surface area (Å²) in [5.74, 6) is -0.457. The second-order valence-corrected chi connectivity index (χ2v) is 11.3. The van der Waals surface area contributed by atoms with Crippen molar-refractivity contribution in [2.45, 2.75) is 40.2 Å². The van der Waals surface area contributed by atoms with Gasteiger partial charge < -0.3 is 14.5 Å². The zero-order chi connectivity index (χ0) is 27.0. The number of hydrogen-bond acceptors (Lipinski definition) is 5. The molecule has 5 unspecified atom stereocenters. The monoisotopic (exact) mass is 519 g/mol. The average Bonchev–Trinajstić information content (AvgIpc) is 3.18. The number of rotatable bonds is 5. The molecule has 0 spiro atoms. The highest BCUT2D eigenvalue weighted by Crippen LogP contribution is 2.57. The van der Waals surface area contributed by atoms with Crippen LogP contribution in [-0.4, -0.2) is 65.5 Å². The number of carbonyl (C=O) groups excluding carboxylic acids is 2. The fourth-order valence-corrected chi connectivity index (χ4v) is 6.86. The Bertz CT molecular complexity index is 1210. The summed E-state index contributed by atoms with van der Waals surface area (Å²) < 4.78 is 19.5. The second-order valence-electron chi connectivity index (χ2n) is 11.3. The summed E-state index contributed by atoms with van der Waals surface area (Å²) in [6.07, 6.45) is 6.05. The van der Waals surface area contributed by atoms with E-state index in [-0.39, 0.29) is 47.5 Å². The summed E-state index contributed by atoms with van der Waals surface area (Å²) in [7, 11) is 0. The molecule has 2 saturated heterocycles. The lowest BCUT2D eigenvalue weighted by molar-refractivity contribution is -0.164. The van der Waals surface area contributed by atoms with E-state index in [4.69, 9.17) is 4.74 Å². The van der Waals surface area contributed by atoms with Gasteiger partial charge >= 0.3 is 5.97 Å². The number of pyridine rings is 1. The van der Waals surface area contributed by atoms with Crippen molar-refractivity contribution >= 4 is 18.0 Å². The van der Waals surface area contributed by atoms with E-state index in [1.807, 2.05) is 36.1 Å². The summed E-state index contributed by atoms with van der Waals surface area (Å²) in [5, 5.41) is 0. The number of likely N-dealkylation sites (N-methyl/N-ethyl adjacent to an activating group) is 1. The van der Waals surface area contributed by atoms with Crippen LogP contribution in [0.25, 0.3) is 17.2 Å². The highest BCUT2D eigenvalue weighted by Gasteiger charge is 2.67. The number of piperazine rings is 1. The van der Waals surface area contributed by atoms with Crippen molar-refractivity contribution in [2.24, 2.45) is 29.1 Å². The molecule has 6 nitrogen and oxygen atoms in total. The van der Waals surface area contributed by atoms with Gasteiger partial charge in [0.05, 0.1) is 5.69 Å². The van der Waals surface area contributed by atoms with Gasteiger partial charge in [0.1, 0.15) is 11.9 Å². The molecule has 3 heterocycles. The van der Waals surface area contributed by atoms with Crippen LogP contribution < -0.4 is 0 Å². The van der Waals surface area contributed by atoms with Crippen molar-refractivity contribution in [3.63, 3.8) is 0 Å². The van der Waals surface area contributed by atoms with Crippen molar-refractivity contribution < 1.29 is 18.7 Å². The molecule has 3 fully saturated rings. The predicted octanol–water partition coefficient (Wildman–Crippen LogP) is 4.91. The quantitative estimate of drug-likeness (QED) is 0.415. The zero-order valence-corrected chi connectivity index (χ0v) is 22.8. The second kappa shape index (κ2) is 10.6. The number of aromatic nitrogens is 1. The number of allylic oxidation sites excluding steroid dienone is 1. The molecule has 1 saturated carbocycles. The number of benzene rings is 1. The molecule has 7 heteroatoms. The molecule has 1 aromatic heterocycles. The number of esters is 1. The third-order valence-corrected chi connectivity index (χ3v) is 9.22. The topological polar surface area (TPSA) is 62.7 Å². The van der Waals surface area contributed by atoms with Crippen LogP contribution in [-0.2, 0) is 14.3 Å². The summed E-state index contributed by atoms with van der Waals surface area (Å²) in [4.78, 5) is 36.4.